The van der Waals surface area contributed by atoms with E-state index in [-0.39, 0.29) is 24.5 Å². The number of nitrogens with zero attached hydrogens (tertiary/aromatic N) is 3. The van der Waals surface area contributed by atoms with Gasteiger partial charge in [0, 0.05) is 29.0 Å². The van der Waals surface area contributed by atoms with Crippen LogP contribution in [-0.2, 0) is 4.79 Å². The first-order chi connectivity index (χ1) is 16.0. The first kappa shape index (κ1) is 21.5. The molecule has 1 atom stereocenters. The van der Waals surface area contributed by atoms with E-state index in [2.05, 4.69) is 38.4 Å². The van der Waals surface area contributed by atoms with Gasteiger partial charge in [-0.2, -0.15) is 4.98 Å². The molecule has 1 saturated heterocycles. The van der Waals surface area contributed by atoms with E-state index in [4.69, 9.17) is 22.1 Å². The highest BCUT2D eigenvalue weighted by Gasteiger charge is 2.27. The molecule has 1 aliphatic heterocycles. The van der Waals surface area contributed by atoms with Gasteiger partial charge in [0.05, 0.1) is 5.39 Å². The van der Waals surface area contributed by atoms with Crippen molar-refractivity contribution in [3.63, 3.8) is 0 Å². The van der Waals surface area contributed by atoms with Gasteiger partial charge in [-0.1, -0.05) is 41.9 Å². The summed E-state index contributed by atoms with van der Waals surface area (Å²) < 4.78 is 5.54. The number of hydrogen-bond acceptors (Lipinski definition) is 7. The van der Waals surface area contributed by atoms with Gasteiger partial charge in [-0.15, -0.1) is 11.3 Å². The molecule has 3 heterocycles. The van der Waals surface area contributed by atoms with Gasteiger partial charge in [0.15, 0.2) is 6.61 Å². The highest BCUT2D eigenvalue weighted by atomic mass is 35.5. The molecule has 1 aliphatic rings. The molecular formula is C24H22ClN5O2S. The Morgan fingerprint density at radius 3 is 2.76 bits per heavy atom. The fourth-order valence-electron chi connectivity index (χ4n) is 3.93. The van der Waals surface area contributed by atoms with Crippen LogP contribution in [0.1, 0.15) is 6.42 Å². The lowest BCUT2D eigenvalue weighted by Gasteiger charge is -2.19. The molecule has 0 saturated carbocycles. The molecule has 2 aromatic carbocycles. The summed E-state index contributed by atoms with van der Waals surface area (Å²) >= 11 is 7.48. The molecule has 1 amide bonds. The third kappa shape index (κ3) is 4.86. The molecule has 168 valence electrons. The lowest BCUT2D eigenvalue weighted by Crippen LogP contribution is -2.39. The quantitative estimate of drug-likeness (QED) is 0.426. The van der Waals surface area contributed by atoms with Gasteiger partial charge in [0.1, 0.15) is 16.4 Å². The van der Waals surface area contributed by atoms with Gasteiger partial charge >= 0.3 is 0 Å². The molecule has 33 heavy (non-hydrogen) atoms. The SMILES string of the molecule is Nc1nc(N2CC[C@@H](NC(=O)COc3ccc(Cl)cc3)C2)c2cc(-c3ccccc3)sc2n1. The number of fused-ring (bicyclic) bond motifs is 1. The number of rotatable bonds is 6. The minimum absolute atomic E-state index is 0.00443. The number of nitrogen functional groups attached to an aromatic ring is 1. The summed E-state index contributed by atoms with van der Waals surface area (Å²) in [5, 5.41) is 4.65. The van der Waals surface area contributed by atoms with Crippen molar-refractivity contribution in [2.75, 3.05) is 30.3 Å². The van der Waals surface area contributed by atoms with E-state index in [1.165, 1.54) is 0 Å². The predicted octanol–water partition coefficient (Wildman–Crippen LogP) is 4.37. The van der Waals surface area contributed by atoms with Crippen molar-refractivity contribution in [2.45, 2.75) is 12.5 Å². The van der Waals surface area contributed by atoms with E-state index in [1.807, 2.05) is 18.2 Å². The van der Waals surface area contributed by atoms with E-state index in [0.29, 0.717) is 17.3 Å². The van der Waals surface area contributed by atoms with E-state index in [1.54, 1.807) is 35.6 Å². The van der Waals surface area contributed by atoms with E-state index < -0.39 is 0 Å². The minimum atomic E-state index is -0.161. The monoisotopic (exact) mass is 479 g/mol. The summed E-state index contributed by atoms with van der Waals surface area (Å²) in [6.45, 7) is 1.37. The molecule has 0 spiro atoms. The normalized spacial score (nSPS) is 15.7. The average molecular weight is 480 g/mol. The molecule has 7 nitrogen and oxygen atoms in total. The standard InChI is InChI=1S/C24H22ClN5O2S/c25-16-6-8-18(9-7-16)32-14-21(31)27-17-10-11-30(13-17)22-19-12-20(15-4-2-1-3-5-15)33-23(19)29-24(26)28-22/h1-9,12,17H,10-11,13-14H2,(H,27,31)(H2,26,28,29)/t17-/m1/s1. The Morgan fingerprint density at radius 2 is 1.97 bits per heavy atom. The number of carbonyl (C=O) groups is 1. The van der Waals surface area contributed by atoms with Crippen LogP contribution in [0.2, 0.25) is 5.02 Å². The van der Waals surface area contributed by atoms with Crippen LogP contribution in [-0.4, -0.2) is 41.6 Å². The molecule has 0 bridgehead atoms. The topological polar surface area (TPSA) is 93.4 Å². The van der Waals surface area contributed by atoms with E-state index in [0.717, 1.165) is 39.4 Å². The maximum Gasteiger partial charge on any atom is 0.258 e. The number of ether oxygens (including phenoxy) is 1. The molecule has 4 aromatic rings. The van der Waals surface area contributed by atoms with Crippen LogP contribution in [0.15, 0.2) is 60.7 Å². The van der Waals surface area contributed by atoms with Crippen molar-refractivity contribution in [1.29, 1.82) is 0 Å². The van der Waals surface area contributed by atoms with Gasteiger partial charge < -0.3 is 20.7 Å². The zero-order chi connectivity index (χ0) is 22.8. The summed E-state index contributed by atoms with van der Waals surface area (Å²) in [6.07, 6.45) is 0.813. The Balaban J connectivity index is 1.26. The number of thiophene rings is 1. The molecule has 0 radical (unpaired) electrons. The third-order valence-corrected chi connectivity index (χ3v) is 6.81. The van der Waals surface area contributed by atoms with Crippen molar-refractivity contribution in [2.24, 2.45) is 0 Å². The number of anilines is 2. The van der Waals surface area contributed by atoms with Crippen molar-refractivity contribution in [3.8, 4) is 16.2 Å². The van der Waals surface area contributed by atoms with Crippen molar-refractivity contribution >= 4 is 50.8 Å². The van der Waals surface area contributed by atoms with Crippen LogP contribution in [0.4, 0.5) is 11.8 Å². The maximum atomic E-state index is 12.4. The maximum absolute atomic E-state index is 12.4. The van der Waals surface area contributed by atoms with E-state index >= 15 is 0 Å². The smallest absolute Gasteiger partial charge is 0.258 e. The molecule has 2 aromatic heterocycles. The molecule has 0 unspecified atom stereocenters. The van der Waals surface area contributed by atoms with Gasteiger partial charge in [-0.25, -0.2) is 4.98 Å². The second kappa shape index (κ2) is 9.25. The van der Waals surface area contributed by atoms with Crippen molar-refractivity contribution in [3.05, 3.63) is 65.7 Å². The Labute approximate surface area is 200 Å². The molecule has 3 N–H and O–H groups in total. The predicted molar refractivity (Wildman–Crippen MR) is 133 cm³/mol. The number of carbonyl (C=O) groups excluding carboxylic acids is 1. The Bertz CT molecular complexity index is 1280. The summed E-state index contributed by atoms with van der Waals surface area (Å²) in [5.41, 5.74) is 7.16. The summed E-state index contributed by atoms with van der Waals surface area (Å²) in [5.74, 6) is 1.51. The van der Waals surface area contributed by atoms with Crippen LogP contribution in [0.3, 0.4) is 0 Å². The number of halogens is 1. The average Bonchev–Trinajstić information content (AvgIpc) is 3.46. The Kier molecular flexibility index (Phi) is 6.02. The van der Waals surface area contributed by atoms with Gasteiger partial charge in [-0.3, -0.25) is 4.79 Å². The number of amides is 1. The van der Waals surface area contributed by atoms with E-state index in [9.17, 15) is 4.79 Å². The van der Waals surface area contributed by atoms with Gasteiger partial charge in [0.2, 0.25) is 5.95 Å². The summed E-state index contributed by atoms with van der Waals surface area (Å²) in [6, 6.07) is 19.3. The second-order valence-electron chi connectivity index (χ2n) is 7.84. The van der Waals surface area contributed by atoms with Gasteiger partial charge in [-0.05, 0) is 42.3 Å². The second-order valence-corrected chi connectivity index (χ2v) is 9.31. The first-order valence-corrected chi connectivity index (χ1v) is 11.8. The summed E-state index contributed by atoms with van der Waals surface area (Å²) in [4.78, 5) is 25.5. The van der Waals surface area contributed by atoms with Crippen LogP contribution in [0.25, 0.3) is 20.7 Å². The number of nitrogens with two attached hydrogens (primary N) is 1. The number of aromatic nitrogens is 2. The van der Waals surface area contributed by atoms with Crippen LogP contribution in [0.5, 0.6) is 5.75 Å². The van der Waals surface area contributed by atoms with Crippen LogP contribution in [0, 0.1) is 0 Å². The molecular weight excluding hydrogens is 458 g/mol. The zero-order valence-electron chi connectivity index (χ0n) is 17.7. The lowest BCUT2D eigenvalue weighted by atomic mass is 10.2. The van der Waals surface area contributed by atoms with Crippen molar-refractivity contribution < 1.29 is 9.53 Å². The largest absolute Gasteiger partial charge is 0.484 e. The fourth-order valence-corrected chi connectivity index (χ4v) is 5.09. The van der Waals surface area contributed by atoms with Crippen LogP contribution < -0.4 is 20.7 Å². The molecule has 5 rings (SSSR count). The number of hydrogen-bond donors (Lipinski definition) is 2. The lowest BCUT2D eigenvalue weighted by molar-refractivity contribution is -0.123. The van der Waals surface area contributed by atoms with Gasteiger partial charge in [0.25, 0.3) is 5.91 Å². The zero-order valence-corrected chi connectivity index (χ0v) is 19.3. The van der Waals surface area contributed by atoms with Crippen LogP contribution >= 0.6 is 22.9 Å². The Morgan fingerprint density at radius 1 is 1.18 bits per heavy atom. The highest BCUT2D eigenvalue weighted by Crippen LogP contribution is 2.37. The molecule has 1 fully saturated rings. The minimum Gasteiger partial charge on any atom is -0.484 e. The number of nitrogens with one attached hydrogen (secondary N) is 1. The first-order valence-electron chi connectivity index (χ1n) is 10.6. The summed E-state index contributed by atoms with van der Waals surface area (Å²) in [7, 11) is 0. The Hall–Kier alpha value is -3.36. The molecule has 9 heteroatoms. The molecule has 0 aliphatic carbocycles. The highest BCUT2D eigenvalue weighted by molar-refractivity contribution is 7.22. The fraction of sp³-hybridized carbons (Fsp3) is 0.208. The number of benzene rings is 2. The third-order valence-electron chi connectivity index (χ3n) is 5.48. The van der Waals surface area contributed by atoms with Crippen molar-refractivity contribution in [1.82, 2.24) is 15.3 Å².